The van der Waals surface area contributed by atoms with Crippen molar-refractivity contribution in [2.45, 2.75) is 65.0 Å². The molecular weight excluding hydrogens is 394 g/mol. The molecule has 1 aliphatic carbocycles. The number of anilines is 1. The lowest BCUT2D eigenvalue weighted by atomic mass is 9.95. The Labute approximate surface area is 172 Å². The molecule has 29 heavy (non-hydrogen) atoms. The topological polar surface area (TPSA) is 111 Å². The summed E-state index contributed by atoms with van der Waals surface area (Å²) < 4.78 is 6.96. The van der Waals surface area contributed by atoms with E-state index in [4.69, 9.17) is 9.84 Å². The number of ether oxygens (including phenoxy) is 1. The standard InChI is InChI=1S/C20H25N3O5S/c1-3-12(2)28-20(27)17-14-6-4-5-7-15(14)29-19(17)22-18(26)13-10-21-23(11-13)9-8-16(24)25/h10-12H,3-9H2,1-2H3,(H,22,26)(H,24,25). The summed E-state index contributed by atoms with van der Waals surface area (Å²) >= 11 is 1.43. The van der Waals surface area contributed by atoms with Gasteiger partial charge in [0.1, 0.15) is 5.00 Å². The molecule has 8 nitrogen and oxygen atoms in total. The molecule has 2 aromatic rings. The van der Waals surface area contributed by atoms with Crippen molar-refractivity contribution < 1.29 is 24.2 Å². The van der Waals surface area contributed by atoms with Crippen LogP contribution < -0.4 is 5.32 Å². The average molecular weight is 420 g/mol. The van der Waals surface area contributed by atoms with Crippen LogP contribution in [0.4, 0.5) is 5.00 Å². The van der Waals surface area contributed by atoms with E-state index >= 15 is 0 Å². The SMILES string of the molecule is CCC(C)OC(=O)c1c(NC(=O)c2cnn(CCC(=O)O)c2)sc2c1CCCC2. The number of aryl methyl sites for hydroxylation is 2. The summed E-state index contributed by atoms with van der Waals surface area (Å²) in [7, 11) is 0. The Morgan fingerprint density at radius 3 is 2.83 bits per heavy atom. The molecule has 0 aromatic carbocycles. The number of carboxylic acids is 1. The van der Waals surface area contributed by atoms with E-state index in [2.05, 4.69) is 10.4 Å². The van der Waals surface area contributed by atoms with E-state index in [1.807, 2.05) is 13.8 Å². The molecular formula is C20H25N3O5S. The number of thiophene rings is 1. The molecule has 1 amide bonds. The fourth-order valence-corrected chi connectivity index (χ4v) is 4.46. The number of carboxylic acid groups (broad SMARTS) is 1. The van der Waals surface area contributed by atoms with Gasteiger partial charge < -0.3 is 15.2 Å². The second-order valence-electron chi connectivity index (χ2n) is 7.13. The first kappa shape index (κ1) is 21.0. The Hall–Kier alpha value is -2.68. The summed E-state index contributed by atoms with van der Waals surface area (Å²) in [6.45, 7) is 3.98. The third kappa shape index (κ3) is 5.03. The molecule has 2 heterocycles. The van der Waals surface area contributed by atoms with E-state index in [1.54, 1.807) is 0 Å². The molecule has 2 N–H and O–H groups in total. The quantitative estimate of drug-likeness (QED) is 0.634. The zero-order chi connectivity index (χ0) is 21.0. The van der Waals surface area contributed by atoms with E-state index in [0.29, 0.717) is 16.1 Å². The first-order valence-corrected chi connectivity index (χ1v) is 10.6. The minimum absolute atomic E-state index is 0.0774. The number of hydrogen-bond donors (Lipinski definition) is 2. The smallest absolute Gasteiger partial charge is 0.341 e. The maximum absolute atomic E-state index is 12.8. The van der Waals surface area contributed by atoms with Crippen LogP contribution >= 0.6 is 11.3 Å². The summed E-state index contributed by atoms with van der Waals surface area (Å²) in [6.07, 6.45) is 7.12. The minimum atomic E-state index is -0.930. The third-order valence-corrected chi connectivity index (χ3v) is 6.14. The van der Waals surface area contributed by atoms with E-state index in [9.17, 15) is 14.4 Å². The molecule has 0 radical (unpaired) electrons. The molecule has 0 spiro atoms. The van der Waals surface area contributed by atoms with Crippen LogP contribution in [0.3, 0.4) is 0 Å². The lowest BCUT2D eigenvalue weighted by Gasteiger charge is -2.15. The predicted octanol–water partition coefficient (Wildman–Crippen LogP) is 3.51. The van der Waals surface area contributed by atoms with Crippen LogP contribution in [0.5, 0.6) is 0 Å². The first-order valence-electron chi connectivity index (χ1n) is 9.80. The Morgan fingerprint density at radius 1 is 1.34 bits per heavy atom. The van der Waals surface area contributed by atoms with Crippen LogP contribution in [0.1, 0.15) is 70.7 Å². The highest BCUT2D eigenvalue weighted by molar-refractivity contribution is 7.17. The fraction of sp³-hybridized carbons (Fsp3) is 0.500. The molecule has 0 saturated carbocycles. The monoisotopic (exact) mass is 419 g/mol. The number of fused-ring (bicyclic) bond motifs is 1. The van der Waals surface area contributed by atoms with Crippen molar-refractivity contribution in [1.82, 2.24) is 9.78 Å². The van der Waals surface area contributed by atoms with Crippen molar-refractivity contribution >= 4 is 34.2 Å². The van der Waals surface area contributed by atoms with Crippen LogP contribution in [0, 0.1) is 0 Å². The zero-order valence-corrected chi connectivity index (χ0v) is 17.4. The second kappa shape index (κ2) is 9.21. The number of carbonyl (C=O) groups excluding carboxylic acids is 2. The van der Waals surface area contributed by atoms with Crippen molar-refractivity contribution in [1.29, 1.82) is 0 Å². The van der Waals surface area contributed by atoms with Crippen LogP contribution in [0.2, 0.25) is 0 Å². The average Bonchev–Trinajstić information content (AvgIpc) is 3.30. The second-order valence-corrected chi connectivity index (χ2v) is 8.23. The number of amides is 1. The van der Waals surface area contributed by atoms with Gasteiger partial charge in [-0.15, -0.1) is 11.3 Å². The van der Waals surface area contributed by atoms with Gasteiger partial charge in [0.2, 0.25) is 0 Å². The maximum atomic E-state index is 12.8. The van der Waals surface area contributed by atoms with Gasteiger partial charge in [0.15, 0.2) is 0 Å². The predicted molar refractivity (Wildman–Crippen MR) is 109 cm³/mol. The lowest BCUT2D eigenvalue weighted by molar-refractivity contribution is -0.137. The number of esters is 1. The van der Waals surface area contributed by atoms with Gasteiger partial charge in [0, 0.05) is 11.1 Å². The van der Waals surface area contributed by atoms with Gasteiger partial charge in [-0.3, -0.25) is 14.3 Å². The highest BCUT2D eigenvalue weighted by atomic mass is 32.1. The summed E-state index contributed by atoms with van der Waals surface area (Å²) in [4.78, 5) is 37.3. The zero-order valence-electron chi connectivity index (χ0n) is 16.6. The van der Waals surface area contributed by atoms with Crippen molar-refractivity contribution in [2.24, 2.45) is 0 Å². The molecule has 0 bridgehead atoms. The van der Waals surface area contributed by atoms with Crippen LogP contribution in [0.25, 0.3) is 0 Å². The van der Waals surface area contributed by atoms with Crippen molar-refractivity contribution in [3.8, 4) is 0 Å². The molecule has 3 rings (SSSR count). The first-order chi connectivity index (χ1) is 13.9. The third-order valence-electron chi connectivity index (χ3n) is 4.94. The molecule has 1 unspecified atom stereocenters. The molecule has 1 atom stereocenters. The highest BCUT2D eigenvalue weighted by Crippen LogP contribution is 2.39. The van der Waals surface area contributed by atoms with Gasteiger partial charge in [-0.1, -0.05) is 6.92 Å². The van der Waals surface area contributed by atoms with Crippen LogP contribution in [0.15, 0.2) is 12.4 Å². The summed E-state index contributed by atoms with van der Waals surface area (Å²) in [5.41, 5.74) is 1.77. The Bertz CT molecular complexity index is 917. The number of aliphatic carboxylic acids is 1. The molecule has 2 aromatic heterocycles. The molecule has 0 aliphatic heterocycles. The Morgan fingerprint density at radius 2 is 2.10 bits per heavy atom. The van der Waals surface area contributed by atoms with Gasteiger partial charge in [0.05, 0.1) is 36.4 Å². The Kier molecular flexibility index (Phi) is 6.68. The summed E-state index contributed by atoms with van der Waals surface area (Å²) in [6, 6.07) is 0. The highest BCUT2D eigenvalue weighted by Gasteiger charge is 2.28. The van der Waals surface area contributed by atoms with Gasteiger partial charge >= 0.3 is 11.9 Å². The van der Waals surface area contributed by atoms with E-state index in [1.165, 1.54) is 28.4 Å². The van der Waals surface area contributed by atoms with E-state index in [-0.39, 0.29) is 25.0 Å². The van der Waals surface area contributed by atoms with Gasteiger partial charge in [-0.05, 0) is 44.6 Å². The fourth-order valence-electron chi connectivity index (χ4n) is 3.18. The molecule has 9 heteroatoms. The normalized spacial score (nSPS) is 14.1. The number of carbonyl (C=O) groups is 3. The molecule has 0 saturated heterocycles. The lowest BCUT2D eigenvalue weighted by Crippen LogP contribution is -2.18. The maximum Gasteiger partial charge on any atom is 0.341 e. The largest absolute Gasteiger partial charge is 0.481 e. The van der Waals surface area contributed by atoms with Crippen LogP contribution in [-0.2, 0) is 28.9 Å². The van der Waals surface area contributed by atoms with Gasteiger partial charge in [-0.2, -0.15) is 5.10 Å². The molecule has 1 aliphatic rings. The Balaban J connectivity index is 1.81. The number of nitrogens with zero attached hydrogens (tertiary/aromatic N) is 2. The van der Waals surface area contributed by atoms with E-state index < -0.39 is 11.9 Å². The molecule has 0 fully saturated rings. The number of hydrogen-bond acceptors (Lipinski definition) is 6. The van der Waals surface area contributed by atoms with Gasteiger partial charge in [0.25, 0.3) is 5.91 Å². The number of nitrogens with one attached hydrogen (secondary N) is 1. The summed E-state index contributed by atoms with van der Waals surface area (Å²) in [5.74, 6) is -1.71. The van der Waals surface area contributed by atoms with Crippen molar-refractivity contribution in [3.63, 3.8) is 0 Å². The number of aromatic nitrogens is 2. The van der Waals surface area contributed by atoms with Crippen LogP contribution in [-0.4, -0.2) is 38.8 Å². The van der Waals surface area contributed by atoms with Crippen molar-refractivity contribution in [3.05, 3.63) is 34.0 Å². The van der Waals surface area contributed by atoms with E-state index in [0.717, 1.165) is 42.5 Å². The van der Waals surface area contributed by atoms with Gasteiger partial charge in [-0.25, -0.2) is 4.79 Å². The minimum Gasteiger partial charge on any atom is -0.481 e. The number of rotatable bonds is 8. The summed E-state index contributed by atoms with van der Waals surface area (Å²) in [5, 5.41) is 16.1. The van der Waals surface area contributed by atoms with Crippen molar-refractivity contribution in [2.75, 3.05) is 5.32 Å². The molecule has 156 valence electrons.